The van der Waals surface area contributed by atoms with Gasteiger partial charge in [-0.25, -0.2) is 0 Å². The SMILES string of the molecule is C1=C[As]=C[As]1. The van der Waals surface area contributed by atoms with Gasteiger partial charge in [-0.05, 0) is 0 Å². The Kier molecular flexibility index (Phi) is 1.56. The van der Waals surface area contributed by atoms with Crippen LogP contribution in [0.4, 0.5) is 0 Å². The molecule has 0 spiro atoms. The molecule has 0 amide bonds. The van der Waals surface area contributed by atoms with Gasteiger partial charge in [-0.15, -0.1) is 0 Å². The fraction of sp³-hybridized carbons (Fsp3) is 0. The van der Waals surface area contributed by atoms with Crippen LogP contribution >= 0.6 is 0 Å². The molecule has 0 N–H and O–H groups in total. The standard InChI is InChI=1S/C3H3As2/c1-2-5-3-4-1/h1-3H. The van der Waals surface area contributed by atoms with E-state index in [9.17, 15) is 0 Å². The Morgan fingerprint density at radius 1 is 1.20 bits per heavy atom. The first-order valence-corrected chi connectivity index (χ1v) is 5.70. The molecular formula is C3H3As2. The summed E-state index contributed by atoms with van der Waals surface area (Å²) in [6.45, 7) is 0. The molecule has 0 bridgehead atoms. The predicted molar refractivity (Wildman–Crippen MR) is 26.7 cm³/mol. The van der Waals surface area contributed by atoms with Gasteiger partial charge in [0.1, 0.15) is 0 Å². The van der Waals surface area contributed by atoms with E-state index in [0.717, 1.165) is 0 Å². The van der Waals surface area contributed by atoms with Crippen molar-refractivity contribution >= 4 is 34.7 Å². The molecule has 1 radical (unpaired) electrons. The summed E-state index contributed by atoms with van der Waals surface area (Å²) in [4.78, 5) is 4.63. The van der Waals surface area contributed by atoms with Crippen LogP contribution in [0.5, 0.6) is 0 Å². The number of hydrogen-bond acceptors (Lipinski definition) is 0. The Hall–Kier alpha value is 0.727. The molecule has 1 rings (SSSR count). The molecule has 0 atom stereocenters. The van der Waals surface area contributed by atoms with Crippen LogP contribution in [0.25, 0.3) is 0 Å². The first-order chi connectivity index (χ1) is 2.50. The Morgan fingerprint density at radius 3 is 2.40 bits per heavy atom. The van der Waals surface area contributed by atoms with E-state index in [2.05, 4.69) is 13.3 Å². The molecule has 0 nitrogen and oxygen atoms in total. The van der Waals surface area contributed by atoms with Crippen molar-refractivity contribution in [2.24, 2.45) is 0 Å². The zero-order chi connectivity index (χ0) is 3.54. The van der Waals surface area contributed by atoms with Crippen molar-refractivity contribution in [3.63, 3.8) is 0 Å². The summed E-state index contributed by atoms with van der Waals surface area (Å²) < 4.78 is 2.44. The molecule has 25 valence electrons. The second kappa shape index (κ2) is 2.00. The van der Waals surface area contributed by atoms with Crippen LogP contribution < -0.4 is 0 Å². The Balaban J connectivity index is 2.61. The van der Waals surface area contributed by atoms with Crippen molar-refractivity contribution in [3.8, 4) is 0 Å². The maximum atomic E-state index is 2.44. The molecule has 0 fully saturated rings. The number of hydrogen-bond donors (Lipinski definition) is 0. The molecule has 0 aliphatic carbocycles. The number of rotatable bonds is 0. The molecule has 0 aromatic heterocycles. The third kappa shape index (κ3) is 1.07. The van der Waals surface area contributed by atoms with Crippen molar-refractivity contribution < 1.29 is 0 Å². The summed E-state index contributed by atoms with van der Waals surface area (Å²) in [5.41, 5.74) is 0. The molecule has 0 aromatic carbocycles. The summed E-state index contributed by atoms with van der Waals surface area (Å²) in [5, 5.41) is 0. The van der Waals surface area contributed by atoms with E-state index in [1.807, 2.05) is 0 Å². The van der Waals surface area contributed by atoms with E-state index in [1.54, 1.807) is 0 Å². The topological polar surface area (TPSA) is 0 Å². The van der Waals surface area contributed by atoms with Gasteiger partial charge >= 0.3 is 44.4 Å². The zero-order valence-electron chi connectivity index (χ0n) is 2.63. The first-order valence-electron chi connectivity index (χ1n) is 1.37. The van der Waals surface area contributed by atoms with Crippen molar-refractivity contribution in [3.05, 3.63) is 9.73 Å². The van der Waals surface area contributed by atoms with Gasteiger partial charge in [0, 0.05) is 0 Å². The molecule has 0 aromatic rings. The second-order valence-corrected chi connectivity index (χ2v) is 6.22. The normalized spacial score (nSPS) is 25.6. The van der Waals surface area contributed by atoms with E-state index < -0.39 is 0 Å². The van der Waals surface area contributed by atoms with Crippen LogP contribution in [0.1, 0.15) is 0 Å². The van der Waals surface area contributed by atoms with E-state index in [4.69, 9.17) is 0 Å². The maximum absolute atomic E-state index is 2.44. The second-order valence-electron chi connectivity index (χ2n) is 0.712. The van der Waals surface area contributed by atoms with Gasteiger partial charge < -0.3 is 0 Å². The van der Waals surface area contributed by atoms with Gasteiger partial charge in [0.15, 0.2) is 0 Å². The molecule has 5 heavy (non-hydrogen) atoms. The minimum atomic E-state index is 0.590. The van der Waals surface area contributed by atoms with Gasteiger partial charge in [-0.1, -0.05) is 0 Å². The summed E-state index contributed by atoms with van der Waals surface area (Å²) in [7, 11) is 0. The average molecular weight is 189 g/mol. The van der Waals surface area contributed by atoms with Gasteiger partial charge in [0.2, 0.25) is 0 Å². The summed E-state index contributed by atoms with van der Waals surface area (Å²) in [6, 6.07) is 0. The van der Waals surface area contributed by atoms with Gasteiger partial charge in [-0.3, -0.25) is 0 Å². The van der Waals surface area contributed by atoms with E-state index >= 15 is 0 Å². The first kappa shape index (κ1) is 3.90. The molecule has 0 saturated heterocycles. The molecule has 1 heterocycles. The minimum absolute atomic E-state index is 0.590. The summed E-state index contributed by atoms with van der Waals surface area (Å²) in [5.74, 6) is 0. The monoisotopic (exact) mass is 189 g/mol. The van der Waals surface area contributed by atoms with Crippen molar-refractivity contribution in [1.82, 2.24) is 0 Å². The van der Waals surface area contributed by atoms with Crippen LogP contribution in [-0.2, 0) is 0 Å². The Bertz CT molecular complexity index is 63.0. The molecule has 0 saturated carbocycles. The van der Waals surface area contributed by atoms with Crippen LogP contribution in [0, 0.1) is 0 Å². The van der Waals surface area contributed by atoms with Gasteiger partial charge in [0.25, 0.3) is 0 Å². The van der Waals surface area contributed by atoms with E-state index in [-0.39, 0.29) is 0 Å². The Labute approximate surface area is 44.6 Å². The van der Waals surface area contributed by atoms with E-state index in [0.29, 0.717) is 31.1 Å². The fourth-order valence-electron chi connectivity index (χ4n) is 0.192. The molecule has 1 aliphatic rings. The van der Waals surface area contributed by atoms with E-state index in [1.165, 1.54) is 0 Å². The van der Waals surface area contributed by atoms with Crippen molar-refractivity contribution in [2.75, 3.05) is 0 Å². The van der Waals surface area contributed by atoms with Gasteiger partial charge in [-0.2, -0.15) is 0 Å². The fourth-order valence-corrected chi connectivity index (χ4v) is 5.20. The van der Waals surface area contributed by atoms with Crippen LogP contribution in [0.15, 0.2) is 9.73 Å². The van der Waals surface area contributed by atoms with Crippen LogP contribution in [0.2, 0.25) is 0 Å². The third-order valence-electron chi connectivity index (χ3n) is 0.372. The summed E-state index contributed by atoms with van der Waals surface area (Å²) in [6.07, 6.45) is 0. The van der Waals surface area contributed by atoms with Crippen LogP contribution in [-0.4, -0.2) is 34.7 Å². The Morgan fingerprint density at radius 2 is 2.20 bits per heavy atom. The molecule has 0 unspecified atom stereocenters. The van der Waals surface area contributed by atoms with Crippen molar-refractivity contribution in [1.29, 1.82) is 0 Å². The quantitative estimate of drug-likeness (QED) is 0.456. The molecule has 2 heteroatoms. The molecule has 1 aliphatic heterocycles. The third-order valence-corrected chi connectivity index (χ3v) is 6.29. The average Bonchev–Trinajstić information content (AvgIpc) is 1.76. The zero-order valence-corrected chi connectivity index (χ0v) is 6.38. The summed E-state index contributed by atoms with van der Waals surface area (Å²) >= 11 is 1.18. The van der Waals surface area contributed by atoms with Crippen LogP contribution in [0.3, 0.4) is 0 Å². The predicted octanol–water partition coefficient (Wildman–Crippen LogP) is -0.361. The van der Waals surface area contributed by atoms with Crippen molar-refractivity contribution in [2.45, 2.75) is 0 Å². The van der Waals surface area contributed by atoms with Gasteiger partial charge in [0.05, 0.1) is 0 Å². The molecular weight excluding hydrogens is 186 g/mol.